The highest BCUT2D eigenvalue weighted by Crippen LogP contribution is 2.18. The predicted octanol–water partition coefficient (Wildman–Crippen LogP) is 0.873. The van der Waals surface area contributed by atoms with E-state index in [2.05, 4.69) is 10.2 Å². The summed E-state index contributed by atoms with van der Waals surface area (Å²) in [6, 6.07) is 0. The molecule has 1 aromatic rings. The molecule has 1 atom stereocenters. The standard InChI is InChI=1S/C5H8N4S/c1-3(2-6)4-8-9-5(7)10-4/h2-3,6H,1H3,(H2,7,9). The molecule has 3 N–H and O–H groups in total. The lowest BCUT2D eigenvalue weighted by atomic mass is 10.2. The summed E-state index contributed by atoms with van der Waals surface area (Å²) in [5, 5.41) is 15.6. The number of rotatable bonds is 2. The van der Waals surface area contributed by atoms with Gasteiger partial charge >= 0.3 is 0 Å². The molecular weight excluding hydrogens is 148 g/mol. The fourth-order valence-electron chi connectivity index (χ4n) is 0.502. The Bertz CT molecular complexity index is 231. The third-order valence-corrected chi connectivity index (χ3v) is 2.05. The zero-order chi connectivity index (χ0) is 7.56. The third-order valence-electron chi connectivity index (χ3n) is 1.10. The molecule has 0 aliphatic rings. The van der Waals surface area contributed by atoms with E-state index >= 15 is 0 Å². The van der Waals surface area contributed by atoms with E-state index in [1.54, 1.807) is 0 Å². The van der Waals surface area contributed by atoms with Gasteiger partial charge < -0.3 is 11.1 Å². The van der Waals surface area contributed by atoms with Crippen molar-refractivity contribution in [3.8, 4) is 0 Å². The van der Waals surface area contributed by atoms with Gasteiger partial charge in [-0.15, -0.1) is 10.2 Å². The highest BCUT2D eigenvalue weighted by atomic mass is 32.1. The normalized spacial score (nSPS) is 12.9. The van der Waals surface area contributed by atoms with E-state index in [1.165, 1.54) is 17.6 Å². The molecule has 4 nitrogen and oxygen atoms in total. The Morgan fingerprint density at radius 2 is 2.40 bits per heavy atom. The van der Waals surface area contributed by atoms with Crippen LogP contribution in [0.4, 0.5) is 5.13 Å². The first kappa shape index (κ1) is 7.14. The second-order valence-corrected chi connectivity index (χ2v) is 2.97. The summed E-state index contributed by atoms with van der Waals surface area (Å²) in [6.45, 7) is 1.88. The molecule has 0 aliphatic carbocycles. The average molecular weight is 156 g/mol. The Kier molecular flexibility index (Phi) is 1.96. The monoisotopic (exact) mass is 156 g/mol. The van der Waals surface area contributed by atoms with E-state index in [-0.39, 0.29) is 5.92 Å². The molecule has 1 rings (SSSR count). The number of nitrogens with zero attached hydrogens (tertiary/aromatic N) is 2. The van der Waals surface area contributed by atoms with Gasteiger partial charge in [-0.1, -0.05) is 18.3 Å². The summed E-state index contributed by atoms with van der Waals surface area (Å²) in [5.41, 5.74) is 5.34. The van der Waals surface area contributed by atoms with Crippen molar-refractivity contribution in [2.24, 2.45) is 0 Å². The average Bonchev–Trinajstić information content (AvgIpc) is 2.34. The molecule has 0 aliphatic heterocycles. The van der Waals surface area contributed by atoms with Crippen LogP contribution in [0, 0.1) is 5.41 Å². The minimum atomic E-state index is 0.0369. The number of aromatic nitrogens is 2. The molecule has 0 aromatic carbocycles. The number of nitrogens with two attached hydrogens (primary N) is 1. The highest BCUT2D eigenvalue weighted by Gasteiger charge is 2.06. The number of anilines is 1. The van der Waals surface area contributed by atoms with Crippen molar-refractivity contribution in [1.29, 1.82) is 5.41 Å². The Balaban J connectivity index is 2.84. The largest absolute Gasteiger partial charge is 0.374 e. The van der Waals surface area contributed by atoms with E-state index in [0.717, 1.165) is 5.01 Å². The first-order chi connectivity index (χ1) is 4.74. The van der Waals surface area contributed by atoms with Gasteiger partial charge in [0.25, 0.3) is 0 Å². The van der Waals surface area contributed by atoms with Crippen LogP contribution in [0.3, 0.4) is 0 Å². The summed E-state index contributed by atoms with van der Waals surface area (Å²) in [7, 11) is 0. The first-order valence-corrected chi connectivity index (χ1v) is 3.65. The summed E-state index contributed by atoms with van der Waals surface area (Å²) >= 11 is 1.32. The van der Waals surface area contributed by atoms with Crippen LogP contribution in [0.1, 0.15) is 17.8 Å². The lowest BCUT2D eigenvalue weighted by Gasteiger charge is -1.93. The fourth-order valence-corrected chi connectivity index (χ4v) is 1.13. The van der Waals surface area contributed by atoms with Crippen molar-refractivity contribution in [2.45, 2.75) is 12.8 Å². The van der Waals surface area contributed by atoms with Gasteiger partial charge in [0.2, 0.25) is 5.13 Å². The van der Waals surface area contributed by atoms with Gasteiger partial charge in [0.05, 0.1) is 0 Å². The van der Waals surface area contributed by atoms with E-state index in [9.17, 15) is 0 Å². The molecule has 54 valence electrons. The van der Waals surface area contributed by atoms with Crippen LogP contribution in [0.25, 0.3) is 0 Å². The zero-order valence-corrected chi connectivity index (χ0v) is 6.35. The Morgan fingerprint density at radius 3 is 2.80 bits per heavy atom. The molecule has 0 amide bonds. The van der Waals surface area contributed by atoms with Crippen molar-refractivity contribution < 1.29 is 0 Å². The van der Waals surface area contributed by atoms with Crippen molar-refractivity contribution >= 4 is 22.7 Å². The smallest absolute Gasteiger partial charge is 0.203 e. The van der Waals surface area contributed by atoms with E-state index in [4.69, 9.17) is 11.1 Å². The number of hydrogen-bond donors (Lipinski definition) is 2. The minimum absolute atomic E-state index is 0.0369. The molecule has 0 fully saturated rings. The summed E-state index contributed by atoms with van der Waals surface area (Å²) < 4.78 is 0. The van der Waals surface area contributed by atoms with Crippen molar-refractivity contribution in [3.05, 3.63) is 5.01 Å². The number of nitrogen functional groups attached to an aromatic ring is 1. The van der Waals surface area contributed by atoms with Gasteiger partial charge in [0, 0.05) is 12.1 Å². The van der Waals surface area contributed by atoms with Crippen LogP contribution < -0.4 is 5.73 Å². The summed E-state index contributed by atoms with van der Waals surface area (Å²) in [6.07, 6.45) is 1.32. The molecule has 1 aromatic heterocycles. The molecule has 1 unspecified atom stereocenters. The summed E-state index contributed by atoms with van der Waals surface area (Å²) in [4.78, 5) is 0. The molecule has 0 saturated heterocycles. The SMILES string of the molecule is CC(C=N)c1nnc(N)s1. The quantitative estimate of drug-likeness (QED) is 0.624. The van der Waals surface area contributed by atoms with Gasteiger partial charge in [-0.3, -0.25) is 0 Å². The maximum Gasteiger partial charge on any atom is 0.203 e. The summed E-state index contributed by atoms with van der Waals surface area (Å²) in [5.74, 6) is 0.0369. The zero-order valence-electron chi connectivity index (χ0n) is 5.53. The molecule has 5 heteroatoms. The van der Waals surface area contributed by atoms with Crippen LogP contribution in [0.2, 0.25) is 0 Å². The van der Waals surface area contributed by atoms with E-state index < -0.39 is 0 Å². The van der Waals surface area contributed by atoms with Crippen LogP contribution in [-0.4, -0.2) is 16.4 Å². The Morgan fingerprint density at radius 1 is 1.70 bits per heavy atom. The number of hydrogen-bond acceptors (Lipinski definition) is 5. The number of nitrogens with one attached hydrogen (secondary N) is 1. The maximum atomic E-state index is 6.93. The topological polar surface area (TPSA) is 75.7 Å². The van der Waals surface area contributed by atoms with Crippen LogP contribution >= 0.6 is 11.3 Å². The van der Waals surface area contributed by atoms with E-state index in [1.807, 2.05) is 6.92 Å². The Hall–Kier alpha value is -0.970. The minimum Gasteiger partial charge on any atom is -0.374 e. The van der Waals surface area contributed by atoms with Crippen LogP contribution in [0.5, 0.6) is 0 Å². The van der Waals surface area contributed by atoms with Gasteiger partial charge in [-0.25, -0.2) is 0 Å². The first-order valence-electron chi connectivity index (χ1n) is 2.83. The lowest BCUT2D eigenvalue weighted by Crippen LogP contribution is -1.91. The maximum absolute atomic E-state index is 6.93. The molecule has 0 saturated carbocycles. The van der Waals surface area contributed by atoms with Crippen molar-refractivity contribution in [1.82, 2.24) is 10.2 Å². The molecular formula is C5H8N4S. The van der Waals surface area contributed by atoms with Gasteiger partial charge in [-0.2, -0.15) is 0 Å². The lowest BCUT2D eigenvalue weighted by molar-refractivity contribution is 0.941. The van der Waals surface area contributed by atoms with Crippen molar-refractivity contribution in [3.63, 3.8) is 0 Å². The van der Waals surface area contributed by atoms with Gasteiger partial charge in [0.15, 0.2) is 0 Å². The second kappa shape index (κ2) is 2.74. The second-order valence-electron chi connectivity index (χ2n) is 1.93. The molecule has 10 heavy (non-hydrogen) atoms. The molecule has 0 bridgehead atoms. The van der Waals surface area contributed by atoms with Gasteiger partial charge in [-0.05, 0) is 0 Å². The van der Waals surface area contributed by atoms with Crippen LogP contribution in [0.15, 0.2) is 0 Å². The fraction of sp³-hybridized carbons (Fsp3) is 0.400. The van der Waals surface area contributed by atoms with Gasteiger partial charge in [0.1, 0.15) is 5.01 Å². The van der Waals surface area contributed by atoms with E-state index in [0.29, 0.717) is 5.13 Å². The highest BCUT2D eigenvalue weighted by molar-refractivity contribution is 7.15. The molecule has 1 heterocycles. The third kappa shape index (κ3) is 1.30. The molecule has 0 radical (unpaired) electrons. The Labute approximate surface area is 62.6 Å². The van der Waals surface area contributed by atoms with Crippen LogP contribution in [-0.2, 0) is 0 Å². The predicted molar refractivity (Wildman–Crippen MR) is 41.5 cm³/mol. The molecule has 0 spiro atoms. The van der Waals surface area contributed by atoms with Crippen molar-refractivity contribution in [2.75, 3.05) is 5.73 Å².